The normalized spacial score (nSPS) is 13.8. The van der Waals surface area contributed by atoms with Crippen LogP contribution in [0.5, 0.6) is 5.75 Å². The van der Waals surface area contributed by atoms with Gasteiger partial charge in [-0.3, -0.25) is 14.5 Å². The third-order valence-electron chi connectivity index (χ3n) is 3.91. The molecule has 2 N–H and O–H groups in total. The van der Waals surface area contributed by atoms with Gasteiger partial charge in [0.2, 0.25) is 0 Å². The lowest BCUT2D eigenvalue weighted by molar-refractivity contribution is -0.137. The molecule has 0 saturated carbocycles. The van der Waals surface area contributed by atoms with E-state index in [1.807, 2.05) is 42.5 Å². The van der Waals surface area contributed by atoms with Gasteiger partial charge in [-0.2, -0.15) is 0 Å². The third-order valence-corrected chi connectivity index (χ3v) is 3.91. The summed E-state index contributed by atoms with van der Waals surface area (Å²) in [4.78, 5) is 25.3. The first-order chi connectivity index (χ1) is 12.1. The summed E-state index contributed by atoms with van der Waals surface area (Å²) in [5.41, 5.74) is 2.67. The van der Waals surface area contributed by atoms with Crippen molar-refractivity contribution in [2.24, 2.45) is 0 Å². The second-order valence-electron chi connectivity index (χ2n) is 5.48. The van der Waals surface area contributed by atoms with E-state index in [4.69, 9.17) is 9.84 Å². The number of ether oxygens (including phenoxy) is 1. The fourth-order valence-corrected chi connectivity index (χ4v) is 2.68. The predicted molar refractivity (Wildman–Crippen MR) is 93.9 cm³/mol. The Morgan fingerprint density at radius 2 is 1.88 bits per heavy atom. The zero-order valence-electron chi connectivity index (χ0n) is 13.7. The zero-order chi connectivity index (χ0) is 17.8. The molecule has 0 spiro atoms. The van der Waals surface area contributed by atoms with Crippen molar-refractivity contribution in [1.82, 2.24) is 4.90 Å². The molecule has 6 nitrogen and oxygen atoms in total. The molecule has 1 aliphatic rings. The topological polar surface area (TPSA) is 78.9 Å². The van der Waals surface area contributed by atoms with E-state index in [1.54, 1.807) is 13.2 Å². The molecule has 6 heteroatoms. The van der Waals surface area contributed by atoms with Crippen LogP contribution in [0.4, 0.5) is 5.69 Å². The molecule has 2 aromatic rings. The molecule has 0 unspecified atom stereocenters. The summed E-state index contributed by atoms with van der Waals surface area (Å²) in [7, 11) is 1.56. The number of nitrogens with one attached hydrogen (secondary N) is 1. The summed E-state index contributed by atoms with van der Waals surface area (Å²) >= 11 is 0. The van der Waals surface area contributed by atoms with Gasteiger partial charge in [0, 0.05) is 17.7 Å². The standard InChI is InChI=1S/C19H18N2O4/c1-25-14-7-8-15(13-5-3-2-4-6-13)16(11-14)20-17-12-18(23)21(9-10-22)19(17)24/h2-8,11-12,20,22H,9-10H2,1H3. The number of hydrogen-bond acceptors (Lipinski definition) is 5. The van der Waals surface area contributed by atoms with Crippen molar-refractivity contribution in [2.45, 2.75) is 0 Å². The van der Waals surface area contributed by atoms with Crippen LogP contribution in [0.3, 0.4) is 0 Å². The van der Waals surface area contributed by atoms with E-state index in [0.717, 1.165) is 16.0 Å². The lowest BCUT2D eigenvalue weighted by Gasteiger charge is -2.16. The van der Waals surface area contributed by atoms with E-state index in [1.165, 1.54) is 6.08 Å². The Balaban J connectivity index is 1.96. The lowest BCUT2D eigenvalue weighted by atomic mass is 10.0. The fourth-order valence-electron chi connectivity index (χ4n) is 2.68. The number of hydrogen-bond donors (Lipinski definition) is 2. The molecule has 0 aliphatic carbocycles. The molecule has 128 valence electrons. The Labute approximate surface area is 145 Å². The zero-order valence-corrected chi connectivity index (χ0v) is 13.7. The monoisotopic (exact) mass is 338 g/mol. The number of imide groups is 1. The van der Waals surface area contributed by atoms with Crippen molar-refractivity contribution in [3.8, 4) is 16.9 Å². The molecule has 0 fully saturated rings. The van der Waals surface area contributed by atoms with Crippen LogP contribution < -0.4 is 10.1 Å². The number of methoxy groups -OCH3 is 1. The number of carbonyl (C=O) groups is 2. The van der Waals surface area contributed by atoms with Crippen molar-refractivity contribution in [2.75, 3.05) is 25.6 Å². The van der Waals surface area contributed by atoms with Gasteiger partial charge in [-0.1, -0.05) is 30.3 Å². The molecule has 0 atom stereocenters. The van der Waals surface area contributed by atoms with Crippen LogP contribution in [0.1, 0.15) is 0 Å². The summed E-state index contributed by atoms with van der Waals surface area (Å²) in [5.74, 6) is -0.265. The summed E-state index contributed by atoms with van der Waals surface area (Å²) in [6, 6.07) is 15.2. The SMILES string of the molecule is COc1ccc(-c2ccccc2)c(NC2=CC(=O)N(CCO)C2=O)c1. The highest BCUT2D eigenvalue weighted by atomic mass is 16.5. The van der Waals surface area contributed by atoms with Crippen LogP contribution in [-0.2, 0) is 9.59 Å². The van der Waals surface area contributed by atoms with E-state index in [2.05, 4.69) is 5.32 Å². The van der Waals surface area contributed by atoms with Crippen LogP contribution in [0.15, 0.2) is 60.3 Å². The maximum absolute atomic E-state index is 12.3. The van der Waals surface area contributed by atoms with Crippen LogP contribution in [0, 0.1) is 0 Å². The number of β-amino-alcohol motifs (C(OH)–C–C–N with tert-alkyl or cyclic N) is 1. The molecular weight excluding hydrogens is 320 g/mol. The van der Waals surface area contributed by atoms with Crippen molar-refractivity contribution in [3.63, 3.8) is 0 Å². The van der Waals surface area contributed by atoms with Gasteiger partial charge in [-0.25, -0.2) is 0 Å². The minimum Gasteiger partial charge on any atom is -0.497 e. The Hall–Kier alpha value is -3.12. The number of anilines is 1. The van der Waals surface area contributed by atoms with E-state index in [-0.39, 0.29) is 18.8 Å². The summed E-state index contributed by atoms with van der Waals surface area (Å²) in [6.45, 7) is -0.296. The first-order valence-corrected chi connectivity index (χ1v) is 7.83. The largest absolute Gasteiger partial charge is 0.497 e. The molecular formula is C19H18N2O4. The van der Waals surface area contributed by atoms with Gasteiger partial charge >= 0.3 is 0 Å². The van der Waals surface area contributed by atoms with Gasteiger partial charge in [0.15, 0.2) is 0 Å². The van der Waals surface area contributed by atoms with Gasteiger partial charge in [-0.05, 0) is 17.7 Å². The second-order valence-corrected chi connectivity index (χ2v) is 5.48. The van der Waals surface area contributed by atoms with Gasteiger partial charge in [0.25, 0.3) is 11.8 Å². The highest BCUT2D eigenvalue weighted by Gasteiger charge is 2.31. The van der Waals surface area contributed by atoms with Crippen LogP contribution in [-0.4, -0.2) is 42.1 Å². The predicted octanol–water partition coefficient (Wildman–Crippen LogP) is 2.02. The molecule has 1 aliphatic heterocycles. The molecule has 3 rings (SSSR count). The Morgan fingerprint density at radius 3 is 2.56 bits per heavy atom. The summed E-state index contributed by atoms with van der Waals surface area (Å²) < 4.78 is 5.26. The summed E-state index contributed by atoms with van der Waals surface area (Å²) in [6.07, 6.45) is 1.24. The third kappa shape index (κ3) is 3.39. The number of rotatable bonds is 6. The Bertz CT molecular complexity index is 831. The average molecular weight is 338 g/mol. The molecule has 0 saturated heterocycles. The number of aliphatic hydroxyl groups is 1. The van der Waals surface area contributed by atoms with Gasteiger partial charge < -0.3 is 15.2 Å². The highest BCUT2D eigenvalue weighted by Crippen LogP contribution is 2.33. The molecule has 25 heavy (non-hydrogen) atoms. The maximum atomic E-state index is 12.3. The van der Waals surface area contributed by atoms with Crippen LogP contribution in [0.2, 0.25) is 0 Å². The second kappa shape index (κ2) is 7.19. The summed E-state index contributed by atoms with van der Waals surface area (Å²) in [5, 5.41) is 12.0. The van der Waals surface area contributed by atoms with E-state index in [9.17, 15) is 9.59 Å². The number of aliphatic hydroxyl groups excluding tert-OH is 1. The van der Waals surface area contributed by atoms with E-state index < -0.39 is 11.8 Å². The average Bonchev–Trinajstić information content (AvgIpc) is 2.90. The molecule has 0 bridgehead atoms. The number of amides is 2. The first kappa shape index (κ1) is 16.7. The first-order valence-electron chi connectivity index (χ1n) is 7.83. The van der Waals surface area contributed by atoms with Gasteiger partial charge in [0.05, 0.1) is 25.9 Å². The number of carbonyl (C=O) groups excluding carboxylic acids is 2. The highest BCUT2D eigenvalue weighted by molar-refractivity contribution is 6.17. The number of nitrogens with zero attached hydrogens (tertiary/aromatic N) is 1. The molecule has 2 amide bonds. The van der Waals surface area contributed by atoms with Crippen molar-refractivity contribution in [1.29, 1.82) is 0 Å². The van der Waals surface area contributed by atoms with Crippen molar-refractivity contribution < 1.29 is 19.4 Å². The Kier molecular flexibility index (Phi) is 4.81. The van der Waals surface area contributed by atoms with Gasteiger partial charge in [-0.15, -0.1) is 0 Å². The van der Waals surface area contributed by atoms with Crippen molar-refractivity contribution in [3.05, 3.63) is 60.3 Å². The smallest absolute Gasteiger partial charge is 0.277 e. The molecule has 0 aromatic heterocycles. The molecule has 0 radical (unpaired) electrons. The van der Waals surface area contributed by atoms with E-state index in [0.29, 0.717) is 11.4 Å². The van der Waals surface area contributed by atoms with Gasteiger partial charge in [0.1, 0.15) is 11.4 Å². The molecule has 1 heterocycles. The maximum Gasteiger partial charge on any atom is 0.277 e. The Morgan fingerprint density at radius 1 is 1.12 bits per heavy atom. The van der Waals surface area contributed by atoms with Crippen molar-refractivity contribution >= 4 is 17.5 Å². The lowest BCUT2D eigenvalue weighted by Crippen LogP contribution is -2.34. The fraction of sp³-hybridized carbons (Fsp3) is 0.158. The van der Waals surface area contributed by atoms with Crippen LogP contribution in [0.25, 0.3) is 11.1 Å². The van der Waals surface area contributed by atoms with Crippen LogP contribution >= 0.6 is 0 Å². The number of benzene rings is 2. The van der Waals surface area contributed by atoms with E-state index >= 15 is 0 Å². The minimum absolute atomic E-state index is 0.0248. The quantitative estimate of drug-likeness (QED) is 0.788. The molecule has 2 aromatic carbocycles. The minimum atomic E-state index is -0.458.